The van der Waals surface area contributed by atoms with Crippen LogP contribution in [0.3, 0.4) is 0 Å². The molecule has 2 aromatic carbocycles. The molecule has 3 rings (SSSR count). The van der Waals surface area contributed by atoms with Gasteiger partial charge in [-0.25, -0.2) is 4.79 Å². The number of aryl methyl sites for hydroxylation is 1. The van der Waals surface area contributed by atoms with Gasteiger partial charge < -0.3 is 21.3 Å². The molecule has 0 aromatic heterocycles. The molecule has 3 amide bonds. The summed E-state index contributed by atoms with van der Waals surface area (Å²) in [7, 11) is 0. The van der Waals surface area contributed by atoms with Crippen LogP contribution in [0.5, 0.6) is 0 Å². The third-order valence-corrected chi connectivity index (χ3v) is 5.26. The van der Waals surface area contributed by atoms with Crippen LogP contribution >= 0.6 is 0 Å². The predicted octanol–water partition coefficient (Wildman–Crippen LogP) is 2.74. The van der Waals surface area contributed by atoms with Crippen molar-refractivity contribution in [1.82, 2.24) is 10.6 Å². The lowest BCUT2D eigenvalue weighted by Gasteiger charge is -2.21. The minimum absolute atomic E-state index is 0.0832. The molecule has 1 heterocycles. The van der Waals surface area contributed by atoms with Crippen molar-refractivity contribution in [2.24, 2.45) is 11.7 Å². The summed E-state index contributed by atoms with van der Waals surface area (Å²) in [6.45, 7) is 4.53. The molecule has 148 valence electrons. The van der Waals surface area contributed by atoms with Crippen LogP contribution in [0.25, 0.3) is 0 Å². The molecular formula is C22H28N4O2. The predicted molar refractivity (Wildman–Crippen MR) is 111 cm³/mol. The molecule has 6 nitrogen and oxygen atoms in total. The molecule has 28 heavy (non-hydrogen) atoms. The Balaban J connectivity index is 1.52. The molecular weight excluding hydrogens is 352 g/mol. The van der Waals surface area contributed by atoms with Gasteiger partial charge in [0, 0.05) is 25.3 Å². The van der Waals surface area contributed by atoms with E-state index >= 15 is 0 Å². The Morgan fingerprint density at radius 3 is 2.57 bits per heavy atom. The average Bonchev–Trinajstić information content (AvgIpc) is 3.16. The summed E-state index contributed by atoms with van der Waals surface area (Å²) in [6, 6.07) is 17.0. The second-order valence-electron chi connectivity index (χ2n) is 7.36. The van der Waals surface area contributed by atoms with Crippen LogP contribution in [-0.4, -0.2) is 31.6 Å². The number of primary amides is 1. The molecule has 0 radical (unpaired) electrons. The fraction of sp³-hybridized carbons (Fsp3) is 0.364. The fourth-order valence-corrected chi connectivity index (χ4v) is 3.78. The Labute approximate surface area is 166 Å². The lowest BCUT2D eigenvalue weighted by molar-refractivity contribution is -0.121. The number of nitrogens with zero attached hydrogens (tertiary/aromatic N) is 1. The van der Waals surface area contributed by atoms with Gasteiger partial charge in [-0.3, -0.25) is 4.79 Å². The summed E-state index contributed by atoms with van der Waals surface area (Å²) in [5.41, 5.74) is 8.46. The fourth-order valence-electron chi connectivity index (χ4n) is 3.78. The van der Waals surface area contributed by atoms with E-state index in [0.717, 1.165) is 30.6 Å². The number of amides is 3. The molecule has 6 heteroatoms. The summed E-state index contributed by atoms with van der Waals surface area (Å²) in [6.07, 6.45) is 1.22. The Morgan fingerprint density at radius 2 is 1.86 bits per heavy atom. The van der Waals surface area contributed by atoms with Crippen molar-refractivity contribution in [1.29, 1.82) is 0 Å². The second kappa shape index (κ2) is 9.26. The number of rotatable bonds is 7. The molecule has 2 unspecified atom stereocenters. The SMILES string of the molecule is Cc1ccccc1C(CC(=O)NCC1CCN(c2ccccc2)C1)NC(N)=O. The van der Waals surface area contributed by atoms with E-state index in [0.29, 0.717) is 12.5 Å². The van der Waals surface area contributed by atoms with Gasteiger partial charge in [-0.05, 0) is 42.5 Å². The first-order valence-electron chi connectivity index (χ1n) is 9.71. The van der Waals surface area contributed by atoms with Gasteiger partial charge in [-0.2, -0.15) is 0 Å². The zero-order chi connectivity index (χ0) is 19.9. The number of nitrogens with one attached hydrogen (secondary N) is 2. The molecule has 0 aliphatic carbocycles. The third-order valence-electron chi connectivity index (χ3n) is 5.26. The summed E-state index contributed by atoms with van der Waals surface area (Å²) in [4.78, 5) is 26.2. The van der Waals surface area contributed by atoms with Crippen LogP contribution in [0.4, 0.5) is 10.5 Å². The zero-order valence-corrected chi connectivity index (χ0v) is 16.2. The van der Waals surface area contributed by atoms with Crippen LogP contribution in [0.2, 0.25) is 0 Å². The second-order valence-corrected chi connectivity index (χ2v) is 7.36. The van der Waals surface area contributed by atoms with Gasteiger partial charge in [-0.15, -0.1) is 0 Å². The van der Waals surface area contributed by atoms with Crippen molar-refractivity contribution in [3.05, 3.63) is 65.7 Å². The van der Waals surface area contributed by atoms with E-state index in [1.165, 1.54) is 5.69 Å². The van der Waals surface area contributed by atoms with E-state index in [-0.39, 0.29) is 12.3 Å². The van der Waals surface area contributed by atoms with Crippen molar-refractivity contribution in [2.45, 2.75) is 25.8 Å². The first-order valence-corrected chi connectivity index (χ1v) is 9.71. The Hall–Kier alpha value is -3.02. The highest BCUT2D eigenvalue weighted by Gasteiger charge is 2.24. The minimum Gasteiger partial charge on any atom is -0.371 e. The van der Waals surface area contributed by atoms with Gasteiger partial charge in [0.2, 0.25) is 5.91 Å². The van der Waals surface area contributed by atoms with Crippen LogP contribution in [0, 0.1) is 12.8 Å². The maximum absolute atomic E-state index is 12.5. The van der Waals surface area contributed by atoms with Crippen LogP contribution in [0.15, 0.2) is 54.6 Å². The van der Waals surface area contributed by atoms with Gasteiger partial charge in [0.15, 0.2) is 0 Å². The highest BCUT2D eigenvalue weighted by atomic mass is 16.2. The molecule has 1 fully saturated rings. The monoisotopic (exact) mass is 380 g/mol. The van der Waals surface area contributed by atoms with Crippen molar-refractivity contribution >= 4 is 17.6 Å². The van der Waals surface area contributed by atoms with E-state index in [2.05, 4.69) is 27.7 Å². The smallest absolute Gasteiger partial charge is 0.312 e. The molecule has 2 atom stereocenters. The number of carbonyl (C=O) groups excluding carboxylic acids is 2. The summed E-state index contributed by atoms with van der Waals surface area (Å²) >= 11 is 0. The van der Waals surface area contributed by atoms with Gasteiger partial charge in [0.25, 0.3) is 0 Å². The van der Waals surface area contributed by atoms with Gasteiger partial charge in [-0.1, -0.05) is 42.5 Å². The third kappa shape index (κ3) is 5.25. The standard InChI is InChI=1S/C22H28N4O2/c1-16-7-5-6-10-19(16)20(25-22(23)28)13-21(27)24-14-17-11-12-26(15-17)18-8-3-2-4-9-18/h2-10,17,20H,11-15H2,1H3,(H,24,27)(H3,23,25,28). The molecule has 1 aliphatic rings. The Morgan fingerprint density at radius 1 is 1.14 bits per heavy atom. The maximum atomic E-state index is 12.5. The Bertz CT molecular complexity index is 809. The molecule has 4 N–H and O–H groups in total. The summed E-state index contributed by atoms with van der Waals surface area (Å²) in [5.74, 6) is 0.338. The van der Waals surface area contributed by atoms with Crippen molar-refractivity contribution in [3.8, 4) is 0 Å². The molecule has 2 aromatic rings. The van der Waals surface area contributed by atoms with E-state index in [4.69, 9.17) is 5.73 Å². The van der Waals surface area contributed by atoms with E-state index in [9.17, 15) is 9.59 Å². The van der Waals surface area contributed by atoms with Crippen LogP contribution in [0.1, 0.15) is 30.0 Å². The molecule has 1 saturated heterocycles. The van der Waals surface area contributed by atoms with E-state index < -0.39 is 12.1 Å². The highest BCUT2D eigenvalue weighted by molar-refractivity contribution is 5.79. The largest absolute Gasteiger partial charge is 0.371 e. The molecule has 0 spiro atoms. The topological polar surface area (TPSA) is 87.5 Å². The number of para-hydroxylation sites is 1. The van der Waals surface area contributed by atoms with Crippen molar-refractivity contribution in [3.63, 3.8) is 0 Å². The van der Waals surface area contributed by atoms with Gasteiger partial charge in [0.1, 0.15) is 0 Å². The number of anilines is 1. The van der Waals surface area contributed by atoms with E-state index in [1.54, 1.807) is 0 Å². The number of hydrogen-bond acceptors (Lipinski definition) is 3. The average molecular weight is 380 g/mol. The molecule has 0 bridgehead atoms. The van der Waals surface area contributed by atoms with Gasteiger partial charge in [0.05, 0.1) is 12.5 Å². The Kier molecular flexibility index (Phi) is 6.53. The quantitative estimate of drug-likeness (QED) is 0.690. The molecule has 1 aliphatic heterocycles. The van der Waals surface area contributed by atoms with Gasteiger partial charge >= 0.3 is 6.03 Å². The number of carbonyl (C=O) groups is 2. The number of benzene rings is 2. The number of hydrogen-bond donors (Lipinski definition) is 3. The normalized spacial score (nSPS) is 17.2. The number of urea groups is 1. The minimum atomic E-state index is -0.629. The van der Waals surface area contributed by atoms with Crippen LogP contribution in [-0.2, 0) is 4.79 Å². The maximum Gasteiger partial charge on any atom is 0.312 e. The number of nitrogens with two attached hydrogens (primary N) is 1. The molecule has 0 saturated carbocycles. The zero-order valence-electron chi connectivity index (χ0n) is 16.2. The summed E-state index contributed by atoms with van der Waals surface area (Å²) in [5, 5.41) is 5.73. The highest BCUT2D eigenvalue weighted by Crippen LogP contribution is 2.23. The lowest BCUT2D eigenvalue weighted by atomic mass is 9.98. The summed E-state index contributed by atoms with van der Waals surface area (Å²) < 4.78 is 0. The van der Waals surface area contributed by atoms with Crippen molar-refractivity contribution < 1.29 is 9.59 Å². The van der Waals surface area contributed by atoms with Crippen LogP contribution < -0.4 is 21.3 Å². The first-order chi connectivity index (χ1) is 13.5. The lowest BCUT2D eigenvalue weighted by Crippen LogP contribution is -2.38. The van der Waals surface area contributed by atoms with Crippen molar-refractivity contribution in [2.75, 3.05) is 24.5 Å². The van der Waals surface area contributed by atoms with E-state index in [1.807, 2.05) is 49.4 Å². The first kappa shape index (κ1) is 19.7.